The molecule has 0 bridgehead atoms. The summed E-state index contributed by atoms with van der Waals surface area (Å²) in [5.41, 5.74) is 0. The predicted octanol–water partition coefficient (Wildman–Crippen LogP) is 2.27. The van der Waals surface area contributed by atoms with E-state index in [1.165, 1.54) is 6.07 Å². The highest BCUT2D eigenvalue weighted by atomic mass is 32.2. The zero-order valence-corrected chi connectivity index (χ0v) is 10.3. The summed E-state index contributed by atoms with van der Waals surface area (Å²) in [6, 6.07) is 2.95. The average Bonchev–Trinajstić information content (AvgIpc) is 2.65. The van der Waals surface area contributed by atoms with E-state index in [2.05, 4.69) is 6.92 Å². The van der Waals surface area contributed by atoms with Crippen molar-refractivity contribution in [2.75, 3.05) is 5.75 Å². The van der Waals surface area contributed by atoms with Gasteiger partial charge in [-0.15, -0.1) is 0 Å². The van der Waals surface area contributed by atoms with Gasteiger partial charge in [0.15, 0.2) is 0 Å². The van der Waals surface area contributed by atoms with Crippen molar-refractivity contribution in [1.29, 1.82) is 0 Å². The van der Waals surface area contributed by atoms with Crippen LogP contribution in [0.5, 0.6) is 0 Å². The van der Waals surface area contributed by atoms with Crippen LogP contribution in [0.25, 0.3) is 0 Å². The van der Waals surface area contributed by atoms with Gasteiger partial charge in [-0.05, 0) is 18.1 Å². The van der Waals surface area contributed by atoms with Crippen LogP contribution in [0.4, 0.5) is 0 Å². The van der Waals surface area contributed by atoms with Gasteiger partial charge in [-0.25, -0.2) is 4.79 Å². The van der Waals surface area contributed by atoms with Gasteiger partial charge >= 0.3 is 5.97 Å². The van der Waals surface area contributed by atoms with Crippen LogP contribution >= 0.6 is 0 Å². The zero-order chi connectivity index (χ0) is 12.1. The van der Waals surface area contributed by atoms with E-state index in [4.69, 9.17) is 9.52 Å². The molecule has 16 heavy (non-hydrogen) atoms. The third kappa shape index (κ3) is 3.81. The molecule has 0 spiro atoms. The topological polar surface area (TPSA) is 67.5 Å². The summed E-state index contributed by atoms with van der Waals surface area (Å²) in [5, 5.41) is 8.65. The van der Waals surface area contributed by atoms with Gasteiger partial charge in [-0.1, -0.05) is 20.3 Å². The SMILES string of the molecule is CCC(C)CS(=O)Cc1ccc(C(=O)O)o1. The third-order valence-corrected chi connectivity index (χ3v) is 3.89. The molecule has 0 aliphatic rings. The molecule has 1 heterocycles. The molecule has 1 aromatic heterocycles. The summed E-state index contributed by atoms with van der Waals surface area (Å²) in [6.07, 6.45) is 0.990. The van der Waals surface area contributed by atoms with E-state index >= 15 is 0 Å². The van der Waals surface area contributed by atoms with Crippen molar-refractivity contribution in [1.82, 2.24) is 0 Å². The van der Waals surface area contributed by atoms with Crippen molar-refractivity contribution in [3.63, 3.8) is 0 Å². The Morgan fingerprint density at radius 2 is 2.25 bits per heavy atom. The molecule has 0 radical (unpaired) electrons. The molecule has 0 saturated heterocycles. The minimum atomic E-state index is -1.10. The molecule has 0 amide bonds. The van der Waals surface area contributed by atoms with Gasteiger partial charge in [0, 0.05) is 16.6 Å². The summed E-state index contributed by atoms with van der Waals surface area (Å²) >= 11 is 0. The Bertz CT molecular complexity index is 383. The largest absolute Gasteiger partial charge is 0.475 e. The molecule has 4 nitrogen and oxygen atoms in total. The standard InChI is InChI=1S/C11H16O4S/c1-3-8(2)6-16(14)7-9-4-5-10(15-9)11(12)13/h4-5,8H,3,6-7H2,1-2H3,(H,12,13). The van der Waals surface area contributed by atoms with Crippen molar-refractivity contribution in [3.8, 4) is 0 Å². The number of rotatable bonds is 6. The van der Waals surface area contributed by atoms with Crippen molar-refractivity contribution in [2.45, 2.75) is 26.0 Å². The van der Waals surface area contributed by atoms with Crippen LogP contribution in [-0.4, -0.2) is 21.0 Å². The third-order valence-electron chi connectivity index (χ3n) is 2.34. The molecule has 90 valence electrons. The lowest BCUT2D eigenvalue weighted by molar-refractivity contribution is 0.0661. The van der Waals surface area contributed by atoms with E-state index in [1.54, 1.807) is 6.07 Å². The number of carbonyl (C=O) groups is 1. The van der Waals surface area contributed by atoms with Crippen LogP contribution in [0.1, 0.15) is 36.6 Å². The smallest absolute Gasteiger partial charge is 0.371 e. The van der Waals surface area contributed by atoms with E-state index in [1.807, 2.05) is 6.92 Å². The van der Waals surface area contributed by atoms with Gasteiger partial charge in [-0.2, -0.15) is 0 Å². The normalized spacial score (nSPS) is 14.6. The summed E-state index contributed by atoms with van der Waals surface area (Å²) < 4.78 is 16.7. The first kappa shape index (κ1) is 13.0. The van der Waals surface area contributed by atoms with Crippen LogP contribution in [-0.2, 0) is 16.6 Å². The minimum Gasteiger partial charge on any atom is -0.475 e. The first-order valence-corrected chi connectivity index (χ1v) is 6.68. The number of furan rings is 1. The van der Waals surface area contributed by atoms with E-state index in [-0.39, 0.29) is 11.5 Å². The first-order chi connectivity index (χ1) is 7.52. The van der Waals surface area contributed by atoms with Gasteiger partial charge in [0.1, 0.15) is 5.76 Å². The fourth-order valence-corrected chi connectivity index (χ4v) is 2.68. The molecular formula is C11H16O4S. The van der Waals surface area contributed by atoms with Gasteiger partial charge in [0.2, 0.25) is 5.76 Å². The van der Waals surface area contributed by atoms with Crippen LogP contribution in [0, 0.1) is 5.92 Å². The molecule has 1 aromatic rings. The lowest BCUT2D eigenvalue weighted by Crippen LogP contribution is -2.08. The molecule has 2 atom stereocenters. The van der Waals surface area contributed by atoms with E-state index < -0.39 is 16.8 Å². The number of hydrogen-bond acceptors (Lipinski definition) is 3. The maximum Gasteiger partial charge on any atom is 0.371 e. The van der Waals surface area contributed by atoms with Crippen molar-refractivity contribution in [2.24, 2.45) is 5.92 Å². The predicted molar refractivity (Wildman–Crippen MR) is 61.8 cm³/mol. The molecule has 2 unspecified atom stereocenters. The maximum absolute atomic E-state index is 11.7. The number of hydrogen-bond donors (Lipinski definition) is 1. The Labute approximate surface area is 97.1 Å². The average molecular weight is 244 g/mol. The van der Waals surface area contributed by atoms with Crippen LogP contribution < -0.4 is 0 Å². The van der Waals surface area contributed by atoms with Crippen molar-refractivity contribution in [3.05, 3.63) is 23.7 Å². The highest BCUT2D eigenvalue weighted by Crippen LogP contribution is 2.12. The van der Waals surface area contributed by atoms with Gasteiger partial charge < -0.3 is 9.52 Å². The lowest BCUT2D eigenvalue weighted by atomic mass is 10.2. The van der Waals surface area contributed by atoms with Gasteiger partial charge in [0.25, 0.3) is 0 Å². The quantitative estimate of drug-likeness (QED) is 0.833. The molecule has 5 heteroatoms. The first-order valence-electron chi connectivity index (χ1n) is 5.20. The fraction of sp³-hybridized carbons (Fsp3) is 0.545. The lowest BCUT2D eigenvalue weighted by Gasteiger charge is -2.06. The van der Waals surface area contributed by atoms with Gasteiger partial charge in [0.05, 0.1) is 5.75 Å². The summed E-state index contributed by atoms with van der Waals surface area (Å²) in [5.74, 6) is 0.598. The Morgan fingerprint density at radius 1 is 1.56 bits per heavy atom. The van der Waals surface area contributed by atoms with E-state index in [9.17, 15) is 9.00 Å². The zero-order valence-electron chi connectivity index (χ0n) is 9.43. The molecular weight excluding hydrogens is 228 g/mol. The highest BCUT2D eigenvalue weighted by molar-refractivity contribution is 7.84. The van der Waals surface area contributed by atoms with Crippen LogP contribution in [0.15, 0.2) is 16.5 Å². The minimum absolute atomic E-state index is 0.101. The number of aromatic carboxylic acids is 1. The molecule has 0 saturated carbocycles. The van der Waals surface area contributed by atoms with Crippen LogP contribution in [0.3, 0.4) is 0 Å². The monoisotopic (exact) mass is 244 g/mol. The fourth-order valence-electron chi connectivity index (χ4n) is 1.22. The summed E-state index contributed by atoms with van der Waals surface area (Å²) in [6.45, 7) is 4.10. The Kier molecular flexibility index (Phi) is 4.73. The molecule has 1 rings (SSSR count). The Balaban J connectivity index is 2.53. The van der Waals surface area contributed by atoms with E-state index in [0.717, 1.165) is 6.42 Å². The second-order valence-electron chi connectivity index (χ2n) is 3.84. The molecule has 1 N–H and O–H groups in total. The molecule has 0 aromatic carbocycles. The molecule has 0 aliphatic carbocycles. The Morgan fingerprint density at radius 3 is 2.75 bits per heavy atom. The Hall–Kier alpha value is -1.10. The maximum atomic E-state index is 11.7. The number of carboxylic acids is 1. The van der Waals surface area contributed by atoms with Crippen molar-refractivity contribution >= 4 is 16.8 Å². The summed E-state index contributed by atoms with van der Waals surface area (Å²) in [7, 11) is -0.988. The van der Waals surface area contributed by atoms with E-state index in [0.29, 0.717) is 17.4 Å². The molecule has 0 fully saturated rings. The molecule has 0 aliphatic heterocycles. The number of carboxylic acid groups (broad SMARTS) is 1. The van der Waals surface area contributed by atoms with Crippen LogP contribution in [0.2, 0.25) is 0 Å². The second-order valence-corrected chi connectivity index (χ2v) is 5.34. The highest BCUT2D eigenvalue weighted by Gasteiger charge is 2.12. The second kappa shape index (κ2) is 5.84. The summed E-state index contributed by atoms with van der Waals surface area (Å²) in [4.78, 5) is 10.6. The van der Waals surface area contributed by atoms with Gasteiger partial charge in [-0.3, -0.25) is 4.21 Å². The van der Waals surface area contributed by atoms with Crippen molar-refractivity contribution < 1.29 is 18.5 Å².